The molecular formula is C21H28N2O3. The van der Waals surface area contributed by atoms with Crippen molar-refractivity contribution in [1.29, 1.82) is 0 Å². The molecule has 4 rings (SSSR count). The van der Waals surface area contributed by atoms with Crippen molar-refractivity contribution < 1.29 is 14.3 Å². The molecule has 1 aliphatic carbocycles. The minimum atomic E-state index is -0.268. The van der Waals surface area contributed by atoms with E-state index in [1.54, 1.807) is 0 Å². The smallest absolute Gasteiger partial charge is 0.231 e. The van der Waals surface area contributed by atoms with E-state index < -0.39 is 0 Å². The highest BCUT2D eigenvalue weighted by Crippen LogP contribution is 2.38. The Balaban J connectivity index is 1.50. The molecule has 0 aromatic heterocycles. The second-order valence-electron chi connectivity index (χ2n) is 8.11. The number of ketones is 1. The summed E-state index contributed by atoms with van der Waals surface area (Å²) in [5.41, 5.74) is 1.70. The average Bonchev–Trinajstić information content (AvgIpc) is 3.09. The second kappa shape index (κ2) is 7.05. The number of ether oxygens (including phenoxy) is 2. The fourth-order valence-corrected chi connectivity index (χ4v) is 4.28. The summed E-state index contributed by atoms with van der Waals surface area (Å²) in [4.78, 5) is 18.1. The van der Waals surface area contributed by atoms with Gasteiger partial charge >= 0.3 is 0 Å². The lowest BCUT2D eigenvalue weighted by atomic mass is 9.71. The minimum Gasteiger partial charge on any atom is -0.454 e. The molecule has 0 N–H and O–H groups in total. The number of piperazine rings is 1. The molecule has 1 saturated carbocycles. The molecular weight excluding hydrogens is 328 g/mol. The summed E-state index contributed by atoms with van der Waals surface area (Å²) in [6.45, 7) is 7.59. The Kier molecular flexibility index (Phi) is 4.76. The first-order chi connectivity index (χ1) is 12.5. The van der Waals surface area contributed by atoms with Crippen LogP contribution in [0.25, 0.3) is 6.08 Å². The molecule has 5 nitrogen and oxygen atoms in total. The Morgan fingerprint density at radius 2 is 1.92 bits per heavy atom. The summed E-state index contributed by atoms with van der Waals surface area (Å²) in [5.74, 6) is 1.87. The third-order valence-electron chi connectivity index (χ3n) is 5.92. The van der Waals surface area contributed by atoms with Crippen molar-refractivity contribution in [2.75, 3.05) is 46.6 Å². The number of hydrogen-bond donors (Lipinski definition) is 0. The number of carbonyl (C=O) groups excluding carboxylic acids is 1. The van der Waals surface area contributed by atoms with Crippen LogP contribution in [0.1, 0.15) is 31.7 Å². The standard InChI is InChI=1S/C21H28N2O3/c1-21(14-23-10-8-22(2)9-11-23)7-3-4-17(20(21)24)12-16-5-6-18-19(13-16)26-15-25-18/h5-6,12-13H,3-4,7-11,14-15H2,1-2H3/b17-12+. The lowest BCUT2D eigenvalue weighted by Gasteiger charge is -2.40. The van der Waals surface area contributed by atoms with Gasteiger partial charge in [-0.05, 0) is 55.7 Å². The first-order valence-electron chi connectivity index (χ1n) is 9.59. The summed E-state index contributed by atoms with van der Waals surface area (Å²) in [5, 5.41) is 0. The number of hydrogen-bond acceptors (Lipinski definition) is 5. The maximum absolute atomic E-state index is 13.3. The number of allylic oxidation sites excluding steroid dienone is 1. The Hall–Kier alpha value is -1.85. The van der Waals surface area contributed by atoms with Gasteiger partial charge in [0, 0.05) is 38.1 Å². The number of likely N-dealkylation sites (N-methyl/N-ethyl adjacent to an activating group) is 1. The van der Waals surface area contributed by atoms with E-state index in [0.717, 1.165) is 74.6 Å². The van der Waals surface area contributed by atoms with Crippen LogP contribution in [0.5, 0.6) is 11.5 Å². The molecule has 0 bridgehead atoms. The maximum Gasteiger partial charge on any atom is 0.231 e. The number of carbonyl (C=O) groups is 1. The lowest BCUT2D eigenvalue weighted by Crippen LogP contribution is -2.50. The van der Waals surface area contributed by atoms with Crippen molar-refractivity contribution >= 4 is 11.9 Å². The normalized spacial score (nSPS) is 28.7. The van der Waals surface area contributed by atoms with E-state index in [-0.39, 0.29) is 12.2 Å². The molecule has 1 aromatic carbocycles. The zero-order valence-electron chi connectivity index (χ0n) is 15.8. The van der Waals surface area contributed by atoms with E-state index >= 15 is 0 Å². The molecule has 2 fully saturated rings. The Morgan fingerprint density at radius 1 is 1.15 bits per heavy atom. The molecule has 3 aliphatic rings. The second-order valence-corrected chi connectivity index (χ2v) is 8.11. The van der Waals surface area contributed by atoms with Gasteiger partial charge in [-0.25, -0.2) is 0 Å². The van der Waals surface area contributed by atoms with Crippen LogP contribution >= 0.6 is 0 Å². The first kappa shape index (κ1) is 17.6. The average molecular weight is 356 g/mol. The predicted molar refractivity (Wildman–Crippen MR) is 101 cm³/mol. The Morgan fingerprint density at radius 3 is 2.73 bits per heavy atom. The predicted octanol–water partition coefficient (Wildman–Crippen LogP) is 2.81. The molecule has 140 valence electrons. The quantitative estimate of drug-likeness (QED) is 0.779. The van der Waals surface area contributed by atoms with Crippen LogP contribution in [-0.4, -0.2) is 62.1 Å². The molecule has 0 amide bonds. The van der Waals surface area contributed by atoms with Crippen molar-refractivity contribution in [3.63, 3.8) is 0 Å². The number of fused-ring (bicyclic) bond motifs is 1. The van der Waals surface area contributed by atoms with Crippen molar-refractivity contribution in [3.05, 3.63) is 29.3 Å². The van der Waals surface area contributed by atoms with Gasteiger partial charge < -0.3 is 14.4 Å². The van der Waals surface area contributed by atoms with Gasteiger partial charge in [0.1, 0.15) is 0 Å². The minimum absolute atomic E-state index is 0.268. The lowest BCUT2D eigenvalue weighted by molar-refractivity contribution is -0.127. The summed E-state index contributed by atoms with van der Waals surface area (Å²) < 4.78 is 10.8. The molecule has 2 aliphatic heterocycles. The molecule has 1 atom stereocenters. The molecule has 1 aromatic rings. The van der Waals surface area contributed by atoms with Gasteiger partial charge in [0.05, 0.1) is 0 Å². The Bertz CT molecular complexity index is 722. The number of rotatable bonds is 3. The SMILES string of the molecule is CN1CCN(CC2(C)CCC/C(=C\c3ccc4c(c3)OCO4)C2=O)CC1. The molecule has 0 spiro atoms. The van der Waals surface area contributed by atoms with Gasteiger partial charge in [-0.15, -0.1) is 0 Å². The largest absolute Gasteiger partial charge is 0.454 e. The maximum atomic E-state index is 13.3. The van der Waals surface area contributed by atoms with E-state index in [1.807, 2.05) is 24.3 Å². The van der Waals surface area contributed by atoms with Gasteiger partial charge in [-0.2, -0.15) is 0 Å². The van der Waals surface area contributed by atoms with Crippen LogP contribution in [-0.2, 0) is 4.79 Å². The van der Waals surface area contributed by atoms with E-state index in [9.17, 15) is 4.79 Å². The van der Waals surface area contributed by atoms with Crippen molar-refractivity contribution in [2.45, 2.75) is 26.2 Å². The highest BCUT2D eigenvalue weighted by atomic mass is 16.7. The van der Waals surface area contributed by atoms with Gasteiger partial charge in [0.25, 0.3) is 0 Å². The highest BCUT2D eigenvalue weighted by molar-refractivity contribution is 6.04. The number of Topliss-reactive ketones (excluding diaryl/α,β-unsaturated/α-hetero) is 1. The molecule has 5 heteroatoms. The zero-order chi connectivity index (χ0) is 18.1. The van der Waals surface area contributed by atoms with Crippen molar-refractivity contribution in [2.24, 2.45) is 5.41 Å². The third kappa shape index (κ3) is 3.51. The number of nitrogens with zero attached hydrogens (tertiary/aromatic N) is 2. The first-order valence-corrected chi connectivity index (χ1v) is 9.59. The summed E-state index contributed by atoms with van der Waals surface area (Å²) in [7, 11) is 2.16. The van der Waals surface area contributed by atoms with E-state index in [2.05, 4.69) is 23.8 Å². The van der Waals surface area contributed by atoms with E-state index in [0.29, 0.717) is 5.78 Å². The van der Waals surface area contributed by atoms with Gasteiger partial charge in [-0.1, -0.05) is 13.0 Å². The van der Waals surface area contributed by atoms with Gasteiger partial charge in [0.2, 0.25) is 6.79 Å². The molecule has 26 heavy (non-hydrogen) atoms. The fraction of sp³-hybridized carbons (Fsp3) is 0.571. The van der Waals surface area contributed by atoms with Crippen LogP contribution in [0.15, 0.2) is 23.8 Å². The Labute approximate surface area is 155 Å². The molecule has 2 heterocycles. The van der Waals surface area contributed by atoms with E-state index in [1.165, 1.54) is 0 Å². The van der Waals surface area contributed by atoms with Crippen LogP contribution in [0.2, 0.25) is 0 Å². The molecule has 1 unspecified atom stereocenters. The molecule has 0 radical (unpaired) electrons. The van der Waals surface area contributed by atoms with E-state index in [4.69, 9.17) is 9.47 Å². The van der Waals surface area contributed by atoms with Gasteiger partial charge in [0.15, 0.2) is 17.3 Å². The van der Waals surface area contributed by atoms with Crippen LogP contribution in [0, 0.1) is 5.41 Å². The number of benzene rings is 1. The van der Waals surface area contributed by atoms with Crippen LogP contribution < -0.4 is 9.47 Å². The zero-order valence-corrected chi connectivity index (χ0v) is 15.8. The topological polar surface area (TPSA) is 42.0 Å². The van der Waals surface area contributed by atoms with Crippen LogP contribution in [0.4, 0.5) is 0 Å². The van der Waals surface area contributed by atoms with Crippen LogP contribution in [0.3, 0.4) is 0 Å². The van der Waals surface area contributed by atoms with Gasteiger partial charge in [-0.3, -0.25) is 9.69 Å². The summed E-state index contributed by atoms with van der Waals surface area (Å²) >= 11 is 0. The monoisotopic (exact) mass is 356 g/mol. The molecule has 1 saturated heterocycles. The fourth-order valence-electron chi connectivity index (χ4n) is 4.28. The van der Waals surface area contributed by atoms with Crippen molar-refractivity contribution in [3.8, 4) is 11.5 Å². The summed E-state index contributed by atoms with van der Waals surface area (Å²) in [6.07, 6.45) is 4.97. The van der Waals surface area contributed by atoms with Crippen molar-refractivity contribution in [1.82, 2.24) is 9.80 Å². The summed E-state index contributed by atoms with van der Waals surface area (Å²) in [6, 6.07) is 5.89. The third-order valence-corrected chi connectivity index (χ3v) is 5.92. The highest BCUT2D eigenvalue weighted by Gasteiger charge is 2.39.